The van der Waals surface area contributed by atoms with Crippen molar-refractivity contribution in [2.24, 2.45) is 0 Å². The molecule has 2 aromatic rings. The number of rotatable bonds is 6. The first-order chi connectivity index (χ1) is 12.9. The Hall–Kier alpha value is -2.18. The number of nitrogens with one attached hydrogen (secondary N) is 1. The Balaban J connectivity index is 1.78. The van der Waals surface area contributed by atoms with E-state index in [-0.39, 0.29) is 16.8 Å². The minimum Gasteiger partial charge on any atom is -0.309 e. The summed E-state index contributed by atoms with van der Waals surface area (Å²) in [6.45, 7) is 4.44. The SMILES string of the molecule is CCN(C(=O)c1ccc(S(=O)(=O)NC2CCCC2)cc1)c1cccc(C)c1. The second kappa shape index (κ2) is 8.23. The zero-order valence-electron chi connectivity index (χ0n) is 15.8. The van der Waals surface area contributed by atoms with Crippen LogP contribution in [-0.4, -0.2) is 26.9 Å². The fourth-order valence-electron chi connectivity index (χ4n) is 3.50. The van der Waals surface area contributed by atoms with E-state index in [1.807, 2.05) is 38.1 Å². The van der Waals surface area contributed by atoms with Gasteiger partial charge in [0.1, 0.15) is 0 Å². The molecule has 1 N–H and O–H groups in total. The van der Waals surface area contributed by atoms with Gasteiger partial charge in [0.25, 0.3) is 5.91 Å². The van der Waals surface area contributed by atoms with Crippen LogP contribution < -0.4 is 9.62 Å². The third-order valence-electron chi connectivity index (χ3n) is 4.96. The minimum atomic E-state index is -3.54. The molecule has 27 heavy (non-hydrogen) atoms. The van der Waals surface area contributed by atoms with E-state index in [0.717, 1.165) is 36.9 Å². The van der Waals surface area contributed by atoms with Crippen molar-refractivity contribution in [1.29, 1.82) is 0 Å². The number of carbonyl (C=O) groups excluding carboxylic acids is 1. The number of benzene rings is 2. The first kappa shape index (κ1) is 19.6. The molecule has 0 unspecified atom stereocenters. The summed E-state index contributed by atoms with van der Waals surface area (Å²) in [7, 11) is -3.54. The second-order valence-corrected chi connectivity index (χ2v) is 8.73. The van der Waals surface area contributed by atoms with Crippen LogP contribution >= 0.6 is 0 Å². The highest BCUT2D eigenvalue weighted by atomic mass is 32.2. The van der Waals surface area contributed by atoms with E-state index in [1.165, 1.54) is 12.1 Å². The van der Waals surface area contributed by atoms with Crippen LogP contribution in [0.3, 0.4) is 0 Å². The fourth-order valence-corrected chi connectivity index (χ4v) is 4.81. The molecule has 1 fully saturated rings. The molecule has 3 rings (SSSR count). The zero-order chi connectivity index (χ0) is 19.4. The van der Waals surface area contributed by atoms with Gasteiger partial charge in [0, 0.05) is 23.8 Å². The molecule has 0 atom stereocenters. The highest BCUT2D eigenvalue weighted by Gasteiger charge is 2.23. The Bertz CT molecular complexity index is 901. The molecular weight excluding hydrogens is 360 g/mol. The molecule has 1 aliphatic rings. The number of sulfonamides is 1. The van der Waals surface area contributed by atoms with E-state index < -0.39 is 10.0 Å². The molecule has 0 spiro atoms. The van der Waals surface area contributed by atoms with E-state index in [9.17, 15) is 13.2 Å². The number of hydrogen-bond acceptors (Lipinski definition) is 3. The Kier molecular flexibility index (Phi) is 5.97. The van der Waals surface area contributed by atoms with E-state index in [4.69, 9.17) is 0 Å². The third kappa shape index (κ3) is 4.57. The topological polar surface area (TPSA) is 66.5 Å². The van der Waals surface area contributed by atoms with Crippen LogP contribution in [0.15, 0.2) is 53.4 Å². The number of carbonyl (C=O) groups is 1. The van der Waals surface area contributed by atoms with Gasteiger partial charge in [-0.15, -0.1) is 0 Å². The number of nitrogens with zero attached hydrogens (tertiary/aromatic N) is 1. The van der Waals surface area contributed by atoms with Crippen LogP contribution in [0.5, 0.6) is 0 Å². The largest absolute Gasteiger partial charge is 0.309 e. The first-order valence-electron chi connectivity index (χ1n) is 9.41. The fraction of sp³-hybridized carbons (Fsp3) is 0.381. The van der Waals surface area contributed by atoms with Crippen molar-refractivity contribution in [1.82, 2.24) is 4.72 Å². The Labute approximate surface area is 161 Å². The molecule has 0 bridgehead atoms. The van der Waals surface area contributed by atoms with Crippen LogP contribution in [0, 0.1) is 6.92 Å². The molecule has 0 aliphatic heterocycles. The van der Waals surface area contributed by atoms with Crippen LogP contribution in [0.25, 0.3) is 0 Å². The monoisotopic (exact) mass is 386 g/mol. The van der Waals surface area contributed by atoms with E-state index in [2.05, 4.69) is 4.72 Å². The lowest BCUT2D eigenvalue weighted by molar-refractivity contribution is 0.0988. The summed E-state index contributed by atoms with van der Waals surface area (Å²) in [6, 6.07) is 14.0. The summed E-state index contributed by atoms with van der Waals surface area (Å²) in [5.41, 5.74) is 2.39. The van der Waals surface area contributed by atoms with Gasteiger partial charge in [0.2, 0.25) is 10.0 Å². The van der Waals surface area contributed by atoms with Crippen molar-refractivity contribution in [2.45, 2.75) is 50.5 Å². The van der Waals surface area contributed by atoms with Gasteiger partial charge in [0.15, 0.2) is 0 Å². The Morgan fingerprint density at radius 2 is 1.78 bits per heavy atom. The molecule has 0 heterocycles. The number of anilines is 1. The minimum absolute atomic E-state index is 0.0215. The van der Waals surface area contributed by atoms with Crippen molar-refractivity contribution >= 4 is 21.6 Å². The van der Waals surface area contributed by atoms with Crippen molar-refractivity contribution in [2.75, 3.05) is 11.4 Å². The van der Waals surface area contributed by atoms with Crippen molar-refractivity contribution in [3.05, 3.63) is 59.7 Å². The lowest BCUT2D eigenvalue weighted by Crippen LogP contribution is -2.33. The predicted molar refractivity (Wildman–Crippen MR) is 108 cm³/mol. The number of hydrogen-bond donors (Lipinski definition) is 1. The first-order valence-corrected chi connectivity index (χ1v) is 10.9. The van der Waals surface area contributed by atoms with E-state index in [0.29, 0.717) is 12.1 Å². The molecule has 0 aromatic heterocycles. The van der Waals surface area contributed by atoms with E-state index in [1.54, 1.807) is 17.0 Å². The molecular formula is C21H26N2O3S. The summed E-state index contributed by atoms with van der Waals surface area (Å²) in [5, 5.41) is 0. The van der Waals surface area contributed by atoms with Gasteiger partial charge < -0.3 is 4.90 Å². The quantitative estimate of drug-likeness (QED) is 0.819. The molecule has 144 valence electrons. The molecule has 1 aliphatic carbocycles. The number of aryl methyl sites for hydroxylation is 1. The Morgan fingerprint density at radius 3 is 2.37 bits per heavy atom. The smallest absolute Gasteiger partial charge is 0.258 e. The average Bonchev–Trinajstić information content (AvgIpc) is 3.15. The van der Waals surface area contributed by atoms with Crippen molar-refractivity contribution < 1.29 is 13.2 Å². The maximum absolute atomic E-state index is 12.9. The summed E-state index contributed by atoms with van der Waals surface area (Å²) in [5.74, 6) is -0.143. The van der Waals surface area contributed by atoms with Gasteiger partial charge in [0.05, 0.1) is 4.90 Å². The highest BCUT2D eigenvalue weighted by molar-refractivity contribution is 7.89. The summed E-state index contributed by atoms with van der Waals surface area (Å²) >= 11 is 0. The summed E-state index contributed by atoms with van der Waals surface area (Å²) in [6.07, 6.45) is 3.90. The standard InChI is InChI=1S/C21H26N2O3S/c1-3-23(19-10-6-7-16(2)15-19)21(24)17-11-13-20(14-12-17)27(25,26)22-18-8-4-5-9-18/h6-7,10-15,18,22H,3-5,8-9H2,1-2H3. The maximum Gasteiger partial charge on any atom is 0.258 e. The molecule has 1 saturated carbocycles. The van der Waals surface area contributed by atoms with Crippen LogP contribution in [0.1, 0.15) is 48.5 Å². The number of amides is 1. The van der Waals surface area contributed by atoms with Crippen molar-refractivity contribution in [3.63, 3.8) is 0 Å². The van der Waals surface area contributed by atoms with Crippen LogP contribution in [0.2, 0.25) is 0 Å². The van der Waals surface area contributed by atoms with Gasteiger partial charge in [-0.1, -0.05) is 25.0 Å². The normalized spacial score (nSPS) is 15.0. The van der Waals surface area contributed by atoms with Gasteiger partial charge in [-0.05, 0) is 68.7 Å². The van der Waals surface area contributed by atoms with Gasteiger partial charge in [-0.25, -0.2) is 13.1 Å². The Morgan fingerprint density at radius 1 is 1.11 bits per heavy atom. The third-order valence-corrected chi connectivity index (χ3v) is 6.50. The second-order valence-electron chi connectivity index (χ2n) is 7.02. The van der Waals surface area contributed by atoms with Gasteiger partial charge in [-0.3, -0.25) is 4.79 Å². The van der Waals surface area contributed by atoms with Crippen LogP contribution in [0.4, 0.5) is 5.69 Å². The molecule has 0 saturated heterocycles. The molecule has 2 aromatic carbocycles. The van der Waals surface area contributed by atoms with Crippen LogP contribution in [-0.2, 0) is 10.0 Å². The van der Waals surface area contributed by atoms with Gasteiger partial charge >= 0.3 is 0 Å². The average molecular weight is 387 g/mol. The highest BCUT2D eigenvalue weighted by Crippen LogP contribution is 2.22. The summed E-state index contributed by atoms with van der Waals surface area (Å²) in [4.78, 5) is 14.8. The molecule has 0 radical (unpaired) electrons. The lowest BCUT2D eigenvalue weighted by atomic mass is 10.1. The predicted octanol–water partition coefficient (Wildman–Crippen LogP) is 3.88. The zero-order valence-corrected chi connectivity index (χ0v) is 16.6. The van der Waals surface area contributed by atoms with Gasteiger partial charge in [-0.2, -0.15) is 0 Å². The molecule has 1 amide bonds. The maximum atomic E-state index is 12.9. The molecule has 6 heteroatoms. The van der Waals surface area contributed by atoms with E-state index >= 15 is 0 Å². The molecule has 5 nitrogen and oxygen atoms in total. The lowest BCUT2D eigenvalue weighted by Gasteiger charge is -2.21. The van der Waals surface area contributed by atoms with Crippen molar-refractivity contribution in [3.8, 4) is 0 Å². The summed E-state index contributed by atoms with van der Waals surface area (Å²) < 4.78 is 27.8.